The van der Waals surface area contributed by atoms with Crippen LogP contribution in [0.2, 0.25) is 0 Å². The van der Waals surface area contributed by atoms with Crippen LogP contribution in [0, 0.1) is 0 Å². The number of sulfonamides is 1. The monoisotopic (exact) mass is 327 g/mol. The van der Waals surface area contributed by atoms with Gasteiger partial charge in [-0.1, -0.05) is 18.2 Å². The lowest BCUT2D eigenvalue weighted by Crippen LogP contribution is -2.52. The molecule has 0 aliphatic carbocycles. The Morgan fingerprint density at radius 2 is 1.82 bits per heavy atom. The summed E-state index contributed by atoms with van der Waals surface area (Å²) < 4.78 is 27.6. The van der Waals surface area contributed by atoms with Gasteiger partial charge in [-0.15, -0.1) is 0 Å². The predicted molar refractivity (Wildman–Crippen MR) is 88.2 cm³/mol. The van der Waals surface area contributed by atoms with Crippen molar-refractivity contribution in [1.29, 1.82) is 0 Å². The Bertz CT molecular complexity index is 542. The first kappa shape index (κ1) is 17.2. The minimum absolute atomic E-state index is 0.200. The zero-order valence-electron chi connectivity index (χ0n) is 13.0. The maximum absolute atomic E-state index is 12.5. The third kappa shape index (κ3) is 4.67. The van der Waals surface area contributed by atoms with Gasteiger partial charge in [0, 0.05) is 45.0 Å². The molecule has 7 heteroatoms. The number of aliphatic hydroxyl groups is 1. The Morgan fingerprint density at radius 1 is 1.18 bits per heavy atom. The quantitative estimate of drug-likeness (QED) is 0.774. The Morgan fingerprint density at radius 3 is 2.41 bits per heavy atom. The topological polar surface area (TPSA) is 72.9 Å². The van der Waals surface area contributed by atoms with Crippen LogP contribution in [0.3, 0.4) is 0 Å². The van der Waals surface area contributed by atoms with Gasteiger partial charge in [0.1, 0.15) is 5.37 Å². The van der Waals surface area contributed by atoms with Gasteiger partial charge >= 0.3 is 0 Å². The molecule has 0 spiro atoms. The summed E-state index contributed by atoms with van der Waals surface area (Å²) in [6.07, 6.45) is 0.767. The maximum Gasteiger partial charge on any atom is 0.248 e. The highest BCUT2D eigenvalue weighted by atomic mass is 32.2. The number of nitrogens with one attached hydrogen (secondary N) is 1. The number of hydrogen-bond acceptors (Lipinski definition) is 5. The lowest BCUT2D eigenvalue weighted by Gasteiger charge is -2.37. The lowest BCUT2D eigenvalue weighted by molar-refractivity contribution is 0.118. The van der Waals surface area contributed by atoms with E-state index in [9.17, 15) is 8.42 Å². The Labute approximate surface area is 132 Å². The summed E-state index contributed by atoms with van der Waals surface area (Å²) in [5.74, 6) is 0. The van der Waals surface area contributed by atoms with E-state index in [-0.39, 0.29) is 6.61 Å². The largest absolute Gasteiger partial charge is 0.396 e. The van der Waals surface area contributed by atoms with E-state index in [1.807, 2.05) is 23.1 Å². The summed E-state index contributed by atoms with van der Waals surface area (Å²) in [6, 6.07) is 8.96. The predicted octanol–water partition coefficient (Wildman–Crippen LogP) is 0.774. The van der Waals surface area contributed by atoms with Crippen molar-refractivity contribution >= 4 is 15.7 Å². The fourth-order valence-corrected chi connectivity index (χ4v) is 3.84. The molecule has 124 valence electrons. The molecule has 0 radical (unpaired) electrons. The van der Waals surface area contributed by atoms with Gasteiger partial charge in [-0.3, -0.25) is 9.62 Å². The van der Waals surface area contributed by atoms with E-state index in [1.165, 1.54) is 0 Å². The van der Waals surface area contributed by atoms with Gasteiger partial charge in [0.25, 0.3) is 0 Å². The second kappa shape index (κ2) is 7.92. The molecule has 1 aromatic rings. The molecule has 1 fully saturated rings. The summed E-state index contributed by atoms with van der Waals surface area (Å²) >= 11 is 0. The van der Waals surface area contributed by atoms with Crippen LogP contribution in [0.5, 0.6) is 0 Å². The lowest BCUT2D eigenvalue weighted by atomic mass is 10.3. The second-order valence-electron chi connectivity index (χ2n) is 5.57. The first-order chi connectivity index (χ1) is 10.5. The number of piperazine rings is 1. The summed E-state index contributed by atoms with van der Waals surface area (Å²) in [6.45, 7) is 5.93. The zero-order chi connectivity index (χ0) is 16.0. The molecule has 1 aromatic carbocycles. The van der Waals surface area contributed by atoms with Crippen LogP contribution >= 0.6 is 0 Å². The van der Waals surface area contributed by atoms with Crippen LogP contribution in [-0.4, -0.2) is 68.0 Å². The fraction of sp³-hybridized carbons (Fsp3) is 0.600. The summed E-state index contributed by atoms with van der Waals surface area (Å²) in [4.78, 5) is 4.25. The molecular formula is C15H25N3O3S. The van der Waals surface area contributed by atoms with Crippen molar-refractivity contribution in [2.75, 3.05) is 44.1 Å². The van der Waals surface area contributed by atoms with Gasteiger partial charge in [-0.05, 0) is 25.5 Å². The number of nitrogens with zero attached hydrogens (tertiary/aromatic N) is 2. The number of anilines is 1. The average Bonchev–Trinajstić information content (AvgIpc) is 2.53. The molecule has 0 amide bonds. The molecule has 22 heavy (non-hydrogen) atoms. The molecule has 1 unspecified atom stereocenters. The van der Waals surface area contributed by atoms with Gasteiger partial charge in [0.05, 0.1) is 0 Å². The Hall–Kier alpha value is -1.15. The van der Waals surface area contributed by atoms with Gasteiger partial charge in [-0.25, -0.2) is 8.42 Å². The van der Waals surface area contributed by atoms with Crippen molar-refractivity contribution in [3.05, 3.63) is 30.3 Å². The number of hydrogen-bond donors (Lipinski definition) is 2. The second-order valence-corrected chi connectivity index (χ2v) is 7.54. The van der Waals surface area contributed by atoms with Crippen LogP contribution in [0.4, 0.5) is 5.69 Å². The number of rotatable bonds is 7. The molecule has 1 saturated heterocycles. The van der Waals surface area contributed by atoms with E-state index in [1.54, 1.807) is 19.1 Å². The van der Waals surface area contributed by atoms with Crippen molar-refractivity contribution in [1.82, 2.24) is 9.80 Å². The van der Waals surface area contributed by atoms with E-state index in [0.29, 0.717) is 5.69 Å². The van der Waals surface area contributed by atoms with E-state index >= 15 is 0 Å². The highest BCUT2D eigenvalue weighted by molar-refractivity contribution is 7.93. The van der Waals surface area contributed by atoms with Gasteiger partial charge in [0.2, 0.25) is 10.0 Å². The third-order valence-electron chi connectivity index (χ3n) is 4.04. The Balaban J connectivity index is 1.90. The molecule has 1 aliphatic heterocycles. The fourth-order valence-electron chi connectivity index (χ4n) is 2.60. The third-order valence-corrected chi connectivity index (χ3v) is 5.75. The van der Waals surface area contributed by atoms with Crippen molar-refractivity contribution in [2.24, 2.45) is 0 Å². The van der Waals surface area contributed by atoms with Gasteiger partial charge < -0.3 is 10.0 Å². The summed E-state index contributed by atoms with van der Waals surface area (Å²) in [5.41, 5.74) is 0.593. The average molecular weight is 327 g/mol. The molecular weight excluding hydrogens is 302 g/mol. The van der Waals surface area contributed by atoms with Gasteiger partial charge in [0.15, 0.2) is 0 Å². The SMILES string of the molecule is CC(N1CCN(CCCO)CC1)S(=O)(=O)Nc1ccccc1. The molecule has 2 rings (SSSR count). The minimum atomic E-state index is -3.43. The summed E-state index contributed by atoms with van der Waals surface area (Å²) in [5, 5.41) is 8.30. The summed E-state index contributed by atoms with van der Waals surface area (Å²) in [7, 11) is -3.43. The number of aliphatic hydroxyl groups excluding tert-OH is 1. The molecule has 1 aliphatic rings. The number of benzene rings is 1. The van der Waals surface area contributed by atoms with Crippen LogP contribution in [0.1, 0.15) is 13.3 Å². The standard InChI is InChI=1S/C15H25N3O3S/c1-14(18-11-9-17(10-12-18)8-5-13-19)22(20,21)16-15-6-3-2-4-7-15/h2-4,6-7,14,16,19H,5,8-13H2,1H3. The van der Waals surface area contributed by atoms with E-state index < -0.39 is 15.4 Å². The highest BCUT2D eigenvalue weighted by Gasteiger charge is 2.29. The molecule has 2 N–H and O–H groups in total. The zero-order valence-corrected chi connectivity index (χ0v) is 13.8. The first-order valence-electron chi connectivity index (χ1n) is 7.67. The van der Waals surface area contributed by atoms with Crippen molar-refractivity contribution in [3.63, 3.8) is 0 Å². The molecule has 0 saturated carbocycles. The van der Waals surface area contributed by atoms with Crippen LogP contribution in [0.15, 0.2) is 30.3 Å². The normalized spacial score (nSPS) is 19.0. The Kier molecular flexibility index (Phi) is 6.19. The van der Waals surface area contributed by atoms with Crippen LogP contribution < -0.4 is 4.72 Å². The maximum atomic E-state index is 12.5. The smallest absolute Gasteiger partial charge is 0.248 e. The van der Waals surface area contributed by atoms with Crippen LogP contribution in [-0.2, 0) is 10.0 Å². The van der Waals surface area contributed by atoms with Crippen molar-refractivity contribution in [3.8, 4) is 0 Å². The molecule has 0 bridgehead atoms. The number of para-hydroxylation sites is 1. The van der Waals surface area contributed by atoms with Crippen molar-refractivity contribution < 1.29 is 13.5 Å². The van der Waals surface area contributed by atoms with Crippen LogP contribution in [0.25, 0.3) is 0 Å². The van der Waals surface area contributed by atoms with Gasteiger partial charge in [-0.2, -0.15) is 0 Å². The van der Waals surface area contributed by atoms with E-state index in [0.717, 1.165) is 39.1 Å². The molecule has 6 nitrogen and oxygen atoms in total. The molecule has 1 atom stereocenters. The van der Waals surface area contributed by atoms with E-state index in [2.05, 4.69) is 9.62 Å². The molecule has 1 heterocycles. The minimum Gasteiger partial charge on any atom is -0.396 e. The highest BCUT2D eigenvalue weighted by Crippen LogP contribution is 2.15. The van der Waals surface area contributed by atoms with E-state index in [4.69, 9.17) is 5.11 Å². The van der Waals surface area contributed by atoms with Crippen molar-refractivity contribution in [2.45, 2.75) is 18.7 Å². The molecule has 0 aromatic heterocycles. The first-order valence-corrected chi connectivity index (χ1v) is 9.21.